The van der Waals surface area contributed by atoms with Gasteiger partial charge in [-0.2, -0.15) is 0 Å². The third-order valence-corrected chi connectivity index (χ3v) is 4.25. The minimum Gasteiger partial charge on any atom is -0.207 e. The van der Waals surface area contributed by atoms with Crippen LogP contribution in [0.4, 0.5) is 4.39 Å². The van der Waals surface area contributed by atoms with Crippen LogP contribution in [-0.2, 0) is 6.42 Å². The quantitative estimate of drug-likeness (QED) is 0.513. The third kappa shape index (κ3) is 3.86. The highest BCUT2D eigenvalue weighted by Crippen LogP contribution is 2.31. The molecule has 0 amide bonds. The predicted molar refractivity (Wildman–Crippen MR) is 71.3 cm³/mol. The van der Waals surface area contributed by atoms with E-state index in [2.05, 4.69) is 0 Å². The Kier molecular flexibility index (Phi) is 4.69. The second kappa shape index (κ2) is 6.06. The molecule has 1 aliphatic carbocycles. The van der Waals surface area contributed by atoms with Crippen molar-refractivity contribution >= 4 is 23.2 Å². The number of rotatable bonds is 2. The maximum atomic E-state index is 13.2. The number of halogens is 3. The average Bonchev–Trinajstić information content (AvgIpc) is 2.48. The molecule has 1 aromatic rings. The van der Waals surface area contributed by atoms with Gasteiger partial charge in [-0.15, -0.1) is 11.6 Å². The zero-order valence-corrected chi connectivity index (χ0v) is 11.3. The summed E-state index contributed by atoms with van der Waals surface area (Å²) >= 11 is 12.3. The topological polar surface area (TPSA) is 0 Å². The number of alkyl halides is 1. The Balaban J connectivity index is 2.06. The van der Waals surface area contributed by atoms with Crippen molar-refractivity contribution in [2.45, 2.75) is 43.9 Å². The van der Waals surface area contributed by atoms with Crippen LogP contribution in [0.3, 0.4) is 0 Å². The van der Waals surface area contributed by atoms with Crippen LogP contribution in [0.5, 0.6) is 0 Å². The van der Waals surface area contributed by atoms with Crippen molar-refractivity contribution in [1.82, 2.24) is 0 Å². The summed E-state index contributed by atoms with van der Waals surface area (Å²) in [6, 6.07) is 4.60. The first-order valence-electron chi connectivity index (χ1n) is 6.23. The van der Waals surface area contributed by atoms with Crippen molar-refractivity contribution in [2.75, 3.05) is 0 Å². The average molecular weight is 275 g/mol. The first kappa shape index (κ1) is 13.2. The van der Waals surface area contributed by atoms with Gasteiger partial charge in [-0.3, -0.25) is 0 Å². The molecule has 0 bridgehead atoms. The monoisotopic (exact) mass is 274 g/mol. The van der Waals surface area contributed by atoms with Gasteiger partial charge in [0.05, 0.1) is 0 Å². The largest absolute Gasteiger partial charge is 0.207 e. The van der Waals surface area contributed by atoms with E-state index in [0.29, 0.717) is 10.9 Å². The second-order valence-corrected chi connectivity index (χ2v) is 5.95. The summed E-state index contributed by atoms with van der Waals surface area (Å²) in [5.74, 6) is 0.333. The summed E-state index contributed by atoms with van der Waals surface area (Å²) in [5.41, 5.74) is 0.919. The van der Waals surface area contributed by atoms with Crippen molar-refractivity contribution in [3.63, 3.8) is 0 Å². The molecular formula is C14H17Cl2F. The zero-order valence-electron chi connectivity index (χ0n) is 9.76. The van der Waals surface area contributed by atoms with Crippen molar-refractivity contribution in [1.29, 1.82) is 0 Å². The van der Waals surface area contributed by atoms with Crippen molar-refractivity contribution < 1.29 is 4.39 Å². The first-order valence-corrected chi connectivity index (χ1v) is 7.04. The minimum absolute atomic E-state index is 0.208. The Morgan fingerprint density at radius 1 is 1.24 bits per heavy atom. The lowest BCUT2D eigenvalue weighted by atomic mass is 9.92. The Morgan fingerprint density at radius 2 is 2.00 bits per heavy atom. The molecule has 1 saturated carbocycles. The van der Waals surface area contributed by atoms with E-state index in [0.717, 1.165) is 24.8 Å². The number of hydrogen-bond donors (Lipinski definition) is 0. The number of hydrogen-bond acceptors (Lipinski definition) is 0. The summed E-state index contributed by atoms with van der Waals surface area (Å²) < 4.78 is 13.2. The summed E-state index contributed by atoms with van der Waals surface area (Å²) in [6.07, 6.45) is 6.58. The summed E-state index contributed by atoms with van der Waals surface area (Å²) in [5, 5.41) is 0.941. The minimum atomic E-state index is -0.208. The highest BCUT2D eigenvalue weighted by molar-refractivity contribution is 6.31. The molecule has 17 heavy (non-hydrogen) atoms. The molecule has 0 aromatic heterocycles. The van der Waals surface area contributed by atoms with Gasteiger partial charge < -0.3 is 0 Å². The van der Waals surface area contributed by atoms with Gasteiger partial charge in [0.1, 0.15) is 5.82 Å². The molecule has 0 heterocycles. The van der Waals surface area contributed by atoms with E-state index in [1.165, 1.54) is 25.3 Å². The Bertz CT molecular complexity index is 378. The third-order valence-electron chi connectivity index (χ3n) is 3.49. The number of benzene rings is 1. The van der Waals surface area contributed by atoms with E-state index >= 15 is 0 Å². The van der Waals surface area contributed by atoms with Crippen LogP contribution in [0, 0.1) is 11.7 Å². The van der Waals surface area contributed by atoms with Crippen LogP contribution >= 0.6 is 23.2 Å². The molecule has 0 radical (unpaired) electrons. The Morgan fingerprint density at radius 3 is 2.82 bits per heavy atom. The van der Waals surface area contributed by atoms with Gasteiger partial charge in [0.25, 0.3) is 0 Å². The normalized spacial score (nSPS) is 25.6. The van der Waals surface area contributed by atoms with E-state index in [9.17, 15) is 4.39 Å². The van der Waals surface area contributed by atoms with Gasteiger partial charge in [0.15, 0.2) is 0 Å². The van der Waals surface area contributed by atoms with Crippen LogP contribution in [0.15, 0.2) is 18.2 Å². The molecule has 0 saturated heterocycles. The maximum absolute atomic E-state index is 13.2. The second-order valence-electron chi connectivity index (χ2n) is 4.92. The van der Waals surface area contributed by atoms with Gasteiger partial charge in [0.2, 0.25) is 0 Å². The molecule has 3 heteroatoms. The zero-order chi connectivity index (χ0) is 12.3. The molecule has 0 spiro atoms. The van der Waals surface area contributed by atoms with E-state index < -0.39 is 0 Å². The van der Waals surface area contributed by atoms with Gasteiger partial charge in [0, 0.05) is 10.4 Å². The van der Waals surface area contributed by atoms with Gasteiger partial charge in [-0.25, -0.2) is 4.39 Å². The molecule has 1 aliphatic rings. The Hall–Kier alpha value is -0.270. The maximum Gasteiger partial charge on any atom is 0.123 e. The fraction of sp³-hybridized carbons (Fsp3) is 0.571. The van der Waals surface area contributed by atoms with Gasteiger partial charge in [-0.05, 0) is 48.9 Å². The van der Waals surface area contributed by atoms with Crippen LogP contribution in [0.2, 0.25) is 5.02 Å². The molecule has 2 atom stereocenters. The SMILES string of the molecule is Fc1ccc(Cl)c(CC2CCCCC(Cl)C2)c1. The lowest BCUT2D eigenvalue weighted by Gasteiger charge is -2.16. The summed E-state index contributed by atoms with van der Waals surface area (Å²) in [7, 11) is 0. The fourth-order valence-corrected chi connectivity index (χ4v) is 3.19. The molecule has 94 valence electrons. The van der Waals surface area contributed by atoms with Crippen LogP contribution in [0.1, 0.15) is 37.7 Å². The molecule has 2 rings (SSSR count). The first-order chi connectivity index (χ1) is 8.15. The smallest absolute Gasteiger partial charge is 0.123 e. The van der Waals surface area contributed by atoms with Crippen LogP contribution in [0.25, 0.3) is 0 Å². The van der Waals surface area contributed by atoms with Gasteiger partial charge >= 0.3 is 0 Å². The summed E-state index contributed by atoms with van der Waals surface area (Å²) in [6.45, 7) is 0. The predicted octanol–water partition coefficient (Wildman–Crippen LogP) is 5.21. The highest BCUT2D eigenvalue weighted by atomic mass is 35.5. The molecule has 0 aliphatic heterocycles. The molecule has 0 N–H and O–H groups in total. The lowest BCUT2D eigenvalue weighted by Crippen LogP contribution is -2.09. The van der Waals surface area contributed by atoms with Crippen molar-refractivity contribution in [3.05, 3.63) is 34.6 Å². The standard InChI is InChI=1S/C14H17Cl2F/c15-12-4-2-1-3-10(8-12)7-11-9-13(17)5-6-14(11)16/h5-6,9-10,12H,1-4,7-8H2. The molecular weight excluding hydrogens is 258 g/mol. The van der Waals surface area contributed by atoms with Crippen molar-refractivity contribution in [3.8, 4) is 0 Å². The van der Waals surface area contributed by atoms with E-state index in [4.69, 9.17) is 23.2 Å². The van der Waals surface area contributed by atoms with E-state index in [1.807, 2.05) is 0 Å². The fourth-order valence-electron chi connectivity index (χ4n) is 2.59. The highest BCUT2D eigenvalue weighted by Gasteiger charge is 2.19. The van der Waals surface area contributed by atoms with E-state index in [1.54, 1.807) is 12.1 Å². The molecule has 0 nitrogen and oxygen atoms in total. The lowest BCUT2D eigenvalue weighted by molar-refractivity contribution is 0.459. The molecule has 1 aromatic carbocycles. The summed E-state index contributed by atoms with van der Waals surface area (Å²) in [4.78, 5) is 0. The molecule has 2 unspecified atom stereocenters. The Labute approximate surface area is 112 Å². The molecule has 1 fully saturated rings. The van der Waals surface area contributed by atoms with E-state index in [-0.39, 0.29) is 11.2 Å². The van der Waals surface area contributed by atoms with Crippen LogP contribution in [-0.4, -0.2) is 5.38 Å². The van der Waals surface area contributed by atoms with Crippen molar-refractivity contribution in [2.24, 2.45) is 5.92 Å². The van der Waals surface area contributed by atoms with Crippen LogP contribution < -0.4 is 0 Å². The van der Waals surface area contributed by atoms with Gasteiger partial charge in [-0.1, -0.05) is 30.9 Å².